The fourth-order valence-corrected chi connectivity index (χ4v) is 3.32. The van der Waals surface area contributed by atoms with Crippen LogP contribution in [0.15, 0.2) is 24.3 Å². The topological polar surface area (TPSA) is 62.2 Å². The van der Waals surface area contributed by atoms with Crippen molar-refractivity contribution >= 4 is 16.8 Å². The largest absolute Gasteiger partial charge is 0.349 e. The van der Waals surface area contributed by atoms with Crippen molar-refractivity contribution in [1.82, 2.24) is 25.3 Å². The van der Waals surface area contributed by atoms with E-state index in [-0.39, 0.29) is 5.91 Å². The highest BCUT2D eigenvalue weighted by Crippen LogP contribution is 2.19. The molecule has 3 rings (SSSR count). The Morgan fingerprint density at radius 3 is 2.80 bits per heavy atom. The molecule has 136 valence electrons. The molecular formula is C19H29N5O. The molecule has 0 unspecified atom stereocenters. The van der Waals surface area contributed by atoms with E-state index in [0.717, 1.165) is 56.6 Å². The summed E-state index contributed by atoms with van der Waals surface area (Å²) in [6.45, 7) is 8.76. The molecular weight excluding hydrogens is 314 g/mol. The number of fused-ring (bicyclic) bond motifs is 1. The maximum atomic E-state index is 12.6. The molecule has 0 atom stereocenters. The van der Waals surface area contributed by atoms with E-state index in [2.05, 4.69) is 27.6 Å². The minimum absolute atomic E-state index is 0.0689. The predicted octanol–water partition coefficient (Wildman–Crippen LogP) is 1.86. The van der Waals surface area contributed by atoms with Crippen molar-refractivity contribution in [1.29, 1.82) is 0 Å². The Labute approximate surface area is 149 Å². The van der Waals surface area contributed by atoms with Crippen LogP contribution >= 0.6 is 0 Å². The van der Waals surface area contributed by atoms with E-state index in [1.54, 1.807) is 0 Å². The Balaban J connectivity index is 1.63. The van der Waals surface area contributed by atoms with Crippen LogP contribution in [0.5, 0.6) is 0 Å². The van der Waals surface area contributed by atoms with E-state index >= 15 is 0 Å². The number of para-hydroxylation sites is 1. The third-order valence-corrected chi connectivity index (χ3v) is 4.77. The van der Waals surface area contributed by atoms with Crippen LogP contribution in [-0.2, 0) is 6.54 Å². The summed E-state index contributed by atoms with van der Waals surface area (Å²) in [5, 5.41) is 11.9. The first-order valence-corrected chi connectivity index (χ1v) is 9.46. The number of benzene rings is 1. The van der Waals surface area contributed by atoms with Crippen LogP contribution in [0.25, 0.3) is 10.9 Å². The van der Waals surface area contributed by atoms with Gasteiger partial charge in [-0.2, -0.15) is 5.10 Å². The molecule has 25 heavy (non-hydrogen) atoms. The maximum Gasteiger partial charge on any atom is 0.272 e. The van der Waals surface area contributed by atoms with Gasteiger partial charge in [-0.1, -0.05) is 38.0 Å². The molecule has 0 bridgehead atoms. The van der Waals surface area contributed by atoms with Gasteiger partial charge >= 0.3 is 0 Å². The summed E-state index contributed by atoms with van der Waals surface area (Å²) < 4.78 is 1.98. The van der Waals surface area contributed by atoms with Gasteiger partial charge in [-0.25, -0.2) is 0 Å². The van der Waals surface area contributed by atoms with E-state index in [0.29, 0.717) is 12.2 Å². The standard InChI is InChI=1S/C19H29N5O/c1-2-3-6-12-24-17-8-5-4-7-16(17)18(22-24)19(25)21-11-15-23-13-9-20-10-14-23/h4-5,7-8,20H,2-3,6,9-15H2,1H3,(H,21,25). The number of unbranched alkanes of at least 4 members (excludes halogenated alkanes) is 2. The molecule has 2 N–H and O–H groups in total. The van der Waals surface area contributed by atoms with Crippen molar-refractivity contribution in [3.8, 4) is 0 Å². The lowest BCUT2D eigenvalue weighted by Crippen LogP contribution is -2.46. The molecule has 2 heterocycles. The monoisotopic (exact) mass is 343 g/mol. The molecule has 6 nitrogen and oxygen atoms in total. The number of hydrogen-bond donors (Lipinski definition) is 2. The molecule has 1 aromatic heterocycles. The minimum atomic E-state index is -0.0689. The van der Waals surface area contributed by atoms with Crippen molar-refractivity contribution in [3.05, 3.63) is 30.0 Å². The number of aromatic nitrogens is 2. The van der Waals surface area contributed by atoms with Crippen molar-refractivity contribution in [2.45, 2.75) is 32.7 Å². The number of carbonyl (C=O) groups is 1. The highest BCUT2D eigenvalue weighted by molar-refractivity contribution is 6.04. The van der Waals surface area contributed by atoms with Gasteiger partial charge in [-0.05, 0) is 12.5 Å². The molecule has 0 spiro atoms. The molecule has 1 aromatic carbocycles. The molecule has 6 heteroatoms. The molecule has 1 aliphatic heterocycles. The van der Waals surface area contributed by atoms with E-state index < -0.39 is 0 Å². The summed E-state index contributed by atoms with van der Waals surface area (Å²) in [7, 11) is 0. The molecule has 1 fully saturated rings. The Bertz CT molecular complexity index is 690. The van der Waals surface area contributed by atoms with E-state index in [1.807, 2.05) is 28.9 Å². The number of hydrogen-bond acceptors (Lipinski definition) is 4. The van der Waals surface area contributed by atoms with Gasteiger partial charge in [0.2, 0.25) is 0 Å². The molecule has 1 aliphatic rings. The zero-order valence-electron chi connectivity index (χ0n) is 15.1. The lowest BCUT2D eigenvalue weighted by atomic mass is 10.2. The predicted molar refractivity (Wildman–Crippen MR) is 101 cm³/mol. The van der Waals surface area contributed by atoms with Crippen molar-refractivity contribution in [2.75, 3.05) is 39.3 Å². The van der Waals surface area contributed by atoms with Crippen LogP contribution in [0, 0.1) is 0 Å². The number of nitrogens with zero attached hydrogens (tertiary/aromatic N) is 3. The van der Waals surface area contributed by atoms with E-state index in [1.165, 1.54) is 12.8 Å². The zero-order chi connectivity index (χ0) is 17.5. The van der Waals surface area contributed by atoms with Gasteiger partial charge in [0.25, 0.3) is 5.91 Å². The SMILES string of the molecule is CCCCCn1nc(C(=O)NCCN2CCNCC2)c2ccccc21. The zero-order valence-corrected chi connectivity index (χ0v) is 15.1. The van der Waals surface area contributed by atoms with Gasteiger partial charge in [0, 0.05) is 51.2 Å². The number of carbonyl (C=O) groups excluding carboxylic acids is 1. The second-order valence-electron chi connectivity index (χ2n) is 6.64. The normalized spacial score (nSPS) is 15.6. The third-order valence-electron chi connectivity index (χ3n) is 4.77. The van der Waals surface area contributed by atoms with Crippen molar-refractivity contribution < 1.29 is 4.79 Å². The number of nitrogens with one attached hydrogen (secondary N) is 2. The first-order chi connectivity index (χ1) is 12.3. The average molecular weight is 343 g/mol. The van der Waals surface area contributed by atoms with Crippen LogP contribution in [0.2, 0.25) is 0 Å². The fourth-order valence-electron chi connectivity index (χ4n) is 3.32. The Kier molecular flexibility index (Phi) is 6.42. The molecule has 0 radical (unpaired) electrons. The first-order valence-electron chi connectivity index (χ1n) is 9.46. The Morgan fingerprint density at radius 1 is 1.20 bits per heavy atom. The van der Waals surface area contributed by atoms with Crippen LogP contribution in [0.4, 0.5) is 0 Å². The lowest BCUT2D eigenvalue weighted by molar-refractivity contribution is 0.0943. The highest BCUT2D eigenvalue weighted by atomic mass is 16.1. The van der Waals surface area contributed by atoms with Crippen LogP contribution in [0.1, 0.15) is 36.7 Å². The molecule has 2 aromatic rings. The second-order valence-corrected chi connectivity index (χ2v) is 6.64. The summed E-state index contributed by atoms with van der Waals surface area (Å²) in [6.07, 6.45) is 3.45. The summed E-state index contributed by atoms with van der Waals surface area (Å²) in [5.74, 6) is -0.0689. The van der Waals surface area contributed by atoms with Crippen molar-refractivity contribution in [3.63, 3.8) is 0 Å². The van der Waals surface area contributed by atoms with E-state index in [4.69, 9.17) is 0 Å². The second kappa shape index (κ2) is 8.97. The van der Waals surface area contributed by atoms with Gasteiger partial charge < -0.3 is 10.6 Å². The molecule has 1 amide bonds. The summed E-state index contributed by atoms with van der Waals surface area (Å²) in [6, 6.07) is 8.01. The molecule has 0 aliphatic carbocycles. The fraction of sp³-hybridized carbons (Fsp3) is 0.579. The van der Waals surface area contributed by atoms with Crippen LogP contribution in [0.3, 0.4) is 0 Å². The molecule has 0 saturated carbocycles. The quantitative estimate of drug-likeness (QED) is 0.718. The smallest absolute Gasteiger partial charge is 0.272 e. The summed E-state index contributed by atoms with van der Waals surface area (Å²) in [4.78, 5) is 15.0. The lowest BCUT2D eigenvalue weighted by Gasteiger charge is -2.26. The minimum Gasteiger partial charge on any atom is -0.349 e. The van der Waals surface area contributed by atoms with Gasteiger partial charge in [0.15, 0.2) is 5.69 Å². The first kappa shape index (κ1) is 17.9. The maximum absolute atomic E-state index is 12.6. The summed E-state index contributed by atoms with van der Waals surface area (Å²) >= 11 is 0. The van der Waals surface area contributed by atoms with E-state index in [9.17, 15) is 4.79 Å². The number of piperazine rings is 1. The Hall–Kier alpha value is -1.92. The number of rotatable bonds is 8. The summed E-state index contributed by atoms with van der Waals surface area (Å²) in [5.41, 5.74) is 1.60. The average Bonchev–Trinajstić information content (AvgIpc) is 3.02. The highest BCUT2D eigenvalue weighted by Gasteiger charge is 2.17. The number of amides is 1. The number of aryl methyl sites for hydroxylation is 1. The van der Waals surface area contributed by atoms with Crippen LogP contribution in [-0.4, -0.2) is 59.9 Å². The van der Waals surface area contributed by atoms with Crippen LogP contribution < -0.4 is 10.6 Å². The van der Waals surface area contributed by atoms with Gasteiger partial charge in [0.05, 0.1) is 5.52 Å². The third kappa shape index (κ3) is 4.58. The van der Waals surface area contributed by atoms with Gasteiger partial charge in [0.1, 0.15) is 0 Å². The Morgan fingerprint density at radius 2 is 2.00 bits per heavy atom. The van der Waals surface area contributed by atoms with Gasteiger partial charge in [-0.3, -0.25) is 14.4 Å². The van der Waals surface area contributed by atoms with Gasteiger partial charge in [-0.15, -0.1) is 0 Å². The molecule has 1 saturated heterocycles. The van der Waals surface area contributed by atoms with Crippen molar-refractivity contribution in [2.24, 2.45) is 0 Å².